The summed E-state index contributed by atoms with van der Waals surface area (Å²) in [7, 11) is 0. The van der Waals surface area contributed by atoms with E-state index in [4.69, 9.17) is 9.47 Å². The number of hydrogen-bond acceptors (Lipinski definition) is 5. The minimum absolute atomic E-state index is 0.134. The molecule has 3 aromatic rings. The average Bonchev–Trinajstić information content (AvgIpc) is 3.32. The summed E-state index contributed by atoms with van der Waals surface area (Å²) in [6, 6.07) is 11.3. The predicted octanol–water partition coefficient (Wildman–Crippen LogP) is 3.11. The van der Waals surface area contributed by atoms with E-state index < -0.39 is 0 Å². The number of fused-ring (bicyclic) bond motifs is 1. The van der Waals surface area contributed by atoms with Crippen LogP contribution in [0.2, 0.25) is 0 Å². The molecule has 26 heavy (non-hydrogen) atoms. The fourth-order valence-electron chi connectivity index (χ4n) is 2.65. The van der Waals surface area contributed by atoms with Crippen LogP contribution in [0.4, 0.5) is 10.5 Å². The molecule has 0 bridgehead atoms. The molecule has 1 aliphatic heterocycles. The second-order valence-corrected chi connectivity index (χ2v) is 6.87. The van der Waals surface area contributed by atoms with Crippen molar-refractivity contribution >= 4 is 23.1 Å². The van der Waals surface area contributed by atoms with Gasteiger partial charge < -0.3 is 20.1 Å². The molecule has 134 valence electrons. The van der Waals surface area contributed by atoms with Crippen molar-refractivity contribution in [2.45, 2.75) is 19.2 Å². The van der Waals surface area contributed by atoms with Gasteiger partial charge in [0.05, 0.1) is 25.0 Å². The van der Waals surface area contributed by atoms with Crippen LogP contribution in [0.5, 0.6) is 11.5 Å². The first kappa shape index (κ1) is 16.5. The number of rotatable bonds is 5. The number of nitrogens with zero attached hydrogens (tertiary/aromatic N) is 2. The van der Waals surface area contributed by atoms with Crippen LogP contribution < -0.4 is 20.1 Å². The predicted molar refractivity (Wildman–Crippen MR) is 98.8 cm³/mol. The molecule has 1 unspecified atom stereocenters. The molecular weight excluding hydrogens is 352 g/mol. The SMILES string of the molecule is O=C(NCc1cccs1)Nc1cnn(CC2COc3ccccc3O2)c1. The summed E-state index contributed by atoms with van der Waals surface area (Å²) in [5.74, 6) is 1.50. The second kappa shape index (κ2) is 7.49. The first-order valence-corrected chi connectivity index (χ1v) is 9.12. The number of aromatic nitrogens is 2. The highest BCUT2D eigenvalue weighted by Crippen LogP contribution is 2.31. The van der Waals surface area contributed by atoms with Crippen molar-refractivity contribution in [3.63, 3.8) is 0 Å². The van der Waals surface area contributed by atoms with Crippen LogP contribution in [0.15, 0.2) is 54.2 Å². The maximum absolute atomic E-state index is 11.9. The molecule has 1 aliphatic rings. The van der Waals surface area contributed by atoms with Crippen molar-refractivity contribution in [2.24, 2.45) is 0 Å². The largest absolute Gasteiger partial charge is 0.486 e. The molecule has 4 rings (SSSR count). The molecular formula is C18H18N4O3S. The summed E-state index contributed by atoms with van der Waals surface area (Å²) in [4.78, 5) is 13.0. The first-order chi connectivity index (χ1) is 12.8. The van der Waals surface area contributed by atoms with Gasteiger partial charge in [0.15, 0.2) is 17.6 Å². The zero-order valence-electron chi connectivity index (χ0n) is 13.9. The summed E-state index contributed by atoms with van der Waals surface area (Å²) < 4.78 is 13.4. The second-order valence-electron chi connectivity index (χ2n) is 5.84. The van der Waals surface area contributed by atoms with Crippen LogP contribution in [-0.4, -0.2) is 28.5 Å². The minimum atomic E-state index is -0.260. The lowest BCUT2D eigenvalue weighted by molar-refractivity contribution is 0.0759. The normalized spacial score (nSPS) is 15.5. The third-order valence-corrected chi connectivity index (χ3v) is 4.73. The molecule has 0 saturated carbocycles. The molecule has 0 fully saturated rings. The molecule has 3 heterocycles. The highest BCUT2D eigenvalue weighted by molar-refractivity contribution is 7.09. The summed E-state index contributed by atoms with van der Waals surface area (Å²) in [5, 5.41) is 11.8. The smallest absolute Gasteiger partial charge is 0.319 e. The van der Waals surface area contributed by atoms with Gasteiger partial charge in [-0.15, -0.1) is 11.3 Å². The molecule has 0 radical (unpaired) electrons. The topological polar surface area (TPSA) is 77.4 Å². The molecule has 1 aromatic carbocycles. The van der Waals surface area contributed by atoms with E-state index in [2.05, 4.69) is 15.7 Å². The zero-order chi connectivity index (χ0) is 17.8. The van der Waals surface area contributed by atoms with E-state index in [1.807, 2.05) is 41.8 Å². The van der Waals surface area contributed by atoms with Crippen LogP contribution in [0, 0.1) is 0 Å². The Balaban J connectivity index is 1.29. The number of para-hydroxylation sites is 2. The molecule has 2 amide bonds. The van der Waals surface area contributed by atoms with Gasteiger partial charge in [0.2, 0.25) is 0 Å². The van der Waals surface area contributed by atoms with Crippen molar-refractivity contribution in [2.75, 3.05) is 11.9 Å². The van der Waals surface area contributed by atoms with Crippen molar-refractivity contribution in [1.82, 2.24) is 15.1 Å². The lowest BCUT2D eigenvalue weighted by atomic mass is 10.2. The molecule has 0 aliphatic carbocycles. The van der Waals surface area contributed by atoms with Gasteiger partial charge in [-0.1, -0.05) is 18.2 Å². The summed E-state index contributed by atoms with van der Waals surface area (Å²) >= 11 is 1.61. The Bertz CT molecular complexity index is 878. The number of amides is 2. The fourth-order valence-corrected chi connectivity index (χ4v) is 3.29. The van der Waals surface area contributed by atoms with E-state index in [0.29, 0.717) is 25.4 Å². The molecule has 2 N–H and O–H groups in total. The number of nitrogens with one attached hydrogen (secondary N) is 2. The highest BCUT2D eigenvalue weighted by Gasteiger charge is 2.21. The van der Waals surface area contributed by atoms with Gasteiger partial charge >= 0.3 is 6.03 Å². The van der Waals surface area contributed by atoms with Crippen molar-refractivity contribution in [1.29, 1.82) is 0 Å². The molecule has 1 atom stereocenters. The number of carbonyl (C=O) groups excluding carboxylic acids is 1. The van der Waals surface area contributed by atoms with E-state index in [1.54, 1.807) is 28.4 Å². The quantitative estimate of drug-likeness (QED) is 0.723. The minimum Gasteiger partial charge on any atom is -0.486 e. The number of ether oxygens (including phenoxy) is 2. The summed E-state index contributed by atoms with van der Waals surface area (Å²) in [5.41, 5.74) is 0.630. The van der Waals surface area contributed by atoms with E-state index >= 15 is 0 Å². The number of urea groups is 1. The Morgan fingerprint density at radius 1 is 1.27 bits per heavy atom. The van der Waals surface area contributed by atoms with Crippen LogP contribution in [0.1, 0.15) is 4.88 Å². The Kier molecular flexibility index (Phi) is 4.74. The van der Waals surface area contributed by atoms with E-state index in [0.717, 1.165) is 16.4 Å². The molecule has 0 saturated heterocycles. The number of carbonyl (C=O) groups is 1. The van der Waals surface area contributed by atoms with Gasteiger partial charge in [-0.05, 0) is 23.6 Å². The number of thiophene rings is 1. The van der Waals surface area contributed by atoms with Gasteiger partial charge in [0.1, 0.15) is 6.61 Å². The van der Waals surface area contributed by atoms with Crippen LogP contribution in [0.3, 0.4) is 0 Å². The summed E-state index contributed by atoms with van der Waals surface area (Å²) in [6.45, 7) is 1.50. The Labute approximate surface area is 154 Å². The number of hydrogen-bond donors (Lipinski definition) is 2. The number of benzene rings is 1. The standard InChI is InChI=1S/C18H18N4O3S/c23-18(19-9-15-4-3-7-26-15)21-13-8-20-22(10-13)11-14-12-24-16-5-1-2-6-17(16)25-14/h1-8,10,14H,9,11-12H2,(H2,19,21,23). The highest BCUT2D eigenvalue weighted by atomic mass is 32.1. The Hall–Kier alpha value is -3.00. The van der Waals surface area contributed by atoms with Crippen LogP contribution in [0.25, 0.3) is 0 Å². The van der Waals surface area contributed by atoms with E-state index in [1.165, 1.54) is 0 Å². The molecule has 0 spiro atoms. The lowest BCUT2D eigenvalue weighted by Crippen LogP contribution is -2.33. The monoisotopic (exact) mass is 370 g/mol. The average molecular weight is 370 g/mol. The maximum atomic E-state index is 11.9. The third kappa shape index (κ3) is 3.97. The van der Waals surface area contributed by atoms with Gasteiger partial charge in [0.25, 0.3) is 0 Å². The zero-order valence-corrected chi connectivity index (χ0v) is 14.7. The Morgan fingerprint density at radius 2 is 2.15 bits per heavy atom. The first-order valence-electron chi connectivity index (χ1n) is 8.24. The number of anilines is 1. The van der Waals surface area contributed by atoms with Crippen molar-refractivity contribution in [3.8, 4) is 11.5 Å². The Morgan fingerprint density at radius 3 is 3.00 bits per heavy atom. The molecule has 2 aromatic heterocycles. The van der Waals surface area contributed by atoms with Crippen LogP contribution >= 0.6 is 11.3 Å². The van der Waals surface area contributed by atoms with Crippen molar-refractivity contribution in [3.05, 3.63) is 59.0 Å². The summed E-state index contributed by atoms with van der Waals surface area (Å²) in [6.07, 6.45) is 3.25. The van der Waals surface area contributed by atoms with Crippen molar-refractivity contribution < 1.29 is 14.3 Å². The van der Waals surface area contributed by atoms with Gasteiger partial charge in [-0.2, -0.15) is 5.10 Å². The molecule has 7 nitrogen and oxygen atoms in total. The maximum Gasteiger partial charge on any atom is 0.319 e. The lowest BCUT2D eigenvalue weighted by Gasteiger charge is -2.26. The fraction of sp³-hybridized carbons (Fsp3) is 0.222. The van der Waals surface area contributed by atoms with Gasteiger partial charge in [-0.25, -0.2) is 4.79 Å². The molecule has 8 heteroatoms. The van der Waals surface area contributed by atoms with Crippen LogP contribution in [-0.2, 0) is 13.1 Å². The van der Waals surface area contributed by atoms with Gasteiger partial charge in [-0.3, -0.25) is 4.68 Å². The van der Waals surface area contributed by atoms with Gasteiger partial charge in [0, 0.05) is 11.1 Å². The third-order valence-electron chi connectivity index (χ3n) is 3.85. The van der Waals surface area contributed by atoms with E-state index in [9.17, 15) is 4.79 Å². The van der Waals surface area contributed by atoms with E-state index in [-0.39, 0.29) is 12.1 Å².